The fourth-order valence-electron chi connectivity index (χ4n) is 2.79. The van der Waals surface area contributed by atoms with Gasteiger partial charge in [0.25, 0.3) is 5.69 Å². The Balaban J connectivity index is 2.45. The standard InChI is InChI=1S/C17H25N3O4/c1-12-7-8-14(15(10-12)20(22)23)19(13-6-5-9-18-11-13)16(21)24-17(2,3)4/h7-8,10,13,18H,5-6,9,11H2,1-4H3. The van der Waals surface area contributed by atoms with Gasteiger partial charge in [-0.05, 0) is 58.7 Å². The number of nitro benzene ring substituents is 1. The summed E-state index contributed by atoms with van der Waals surface area (Å²) in [5, 5.41) is 14.7. The first kappa shape index (κ1) is 18.2. The molecule has 1 unspecified atom stereocenters. The third-order valence-corrected chi connectivity index (χ3v) is 3.81. The molecule has 0 saturated carbocycles. The first-order valence-electron chi connectivity index (χ1n) is 8.17. The Morgan fingerprint density at radius 1 is 1.42 bits per heavy atom. The van der Waals surface area contributed by atoms with E-state index in [9.17, 15) is 14.9 Å². The first-order chi connectivity index (χ1) is 11.2. The zero-order chi connectivity index (χ0) is 17.9. The largest absolute Gasteiger partial charge is 0.443 e. The van der Waals surface area contributed by atoms with Crippen molar-refractivity contribution in [3.05, 3.63) is 33.9 Å². The SMILES string of the molecule is Cc1ccc(N(C(=O)OC(C)(C)C)C2CCCNC2)c([N+](=O)[O-])c1. The molecule has 7 heteroatoms. The Labute approximate surface area is 142 Å². The third kappa shape index (κ3) is 4.44. The number of piperidine rings is 1. The number of anilines is 1. The minimum Gasteiger partial charge on any atom is -0.443 e. The van der Waals surface area contributed by atoms with Crippen molar-refractivity contribution in [1.82, 2.24) is 5.32 Å². The number of carbonyl (C=O) groups is 1. The zero-order valence-corrected chi connectivity index (χ0v) is 14.7. The lowest BCUT2D eigenvalue weighted by molar-refractivity contribution is -0.384. The number of nitrogens with one attached hydrogen (secondary N) is 1. The number of nitro groups is 1. The molecule has 24 heavy (non-hydrogen) atoms. The van der Waals surface area contributed by atoms with Crippen molar-refractivity contribution in [1.29, 1.82) is 0 Å². The maximum Gasteiger partial charge on any atom is 0.415 e. The molecule has 1 aliphatic heterocycles. The maximum atomic E-state index is 12.8. The van der Waals surface area contributed by atoms with Gasteiger partial charge in [0.2, 0.25) is 0 Å². The number of hydrogen-bond acceptors (Lipinski definition) is 5. The van der Waals surface area contributed by atoms with Crippen LogP contribution in [0.2, 0.25) is 0 Å². The summed E-state index contributed by atoms with van der Waals surface area (Å²) in [5.74, 6) is 0. The molecule has 1 N–H and O–H groups in total. The number of hydrogen-bond donors (Lipinski definition) is 1. The van der Waals surface area contributed by atoms with Crippen LogP contribution in [0, 0.1) is 17.0 Å². The number of benzene rings is 1. The van der Waals surface area contributed by atoms with Gasteiger partial charge in [0.15, 0.2) is 0 Å². The quantitative estimate of drug-likeness (QED) is 0.676. The highest BCUT2D eigenvalue weighted by atomic mass is 16.6. The van der Waals surface area contributed by atoms with Crippen LogP contribution in [0.4, 0.5) is 16.2 Å². The van der Waals surface area contributed by atoms with Crippen molar-refractivity contribution in [3.63, 3.8) is 0 Å². The summed E-state index contributed by atoms with van der Waals surface area (Å²) in [5.41, 5.74) is 0.313. The smallest absolute Gasteiger partial charge is 0.415 e. The molecule has 1 atom stereocenters. The lowest BCUT2D eigenvalue weighted by Crippen LogP contribution is -2.50. The average Bonchev–Trinajstić information content (AvgIpc) is 2.48. The number of rotatable bonds is 3. The summed E-state index contributed by atoms with van der Waals surface area (Å²) >= 11 is 0. The molecule has 0 spiro atoms. The summed E-state index contributed by atoms with van der Waals surface area (Å²) in [4.78, 5) is 25.2. The van der Waals surface area contributed by atoms with Gasteiger partial charge >= 0.3 is 6.09 Å². The van der Waals surface area contributed by atoms with Crippen LogP contribution in [0.5, 0.6) is 0 Å². The summed E-state index contributed by atoms with van der Waals surface area (Å²) in [7, 11) is 0. The van der Waals surface area contributed by atoms with Crippen LogP contribution in [0.3, 0.4) is 0 Å². The Morgan fingerprint density at radius 2 is 2.12 bits per heavy atom. The second kappa shape index (κ2) is 7.17. The number of ether oxygens (including phenoxy) is 1. The Bertz CT molecular complexity index is 619. The molecule has 1 aromatic carbocycles. The van der Waals surface area contributed by atoms with Crippen LogP contribution in [0.15, 0.2) is 18.2 Å². The molecule has 0 radical (unpaired) electrons. The van der Waals surface area contributed by atoms with Crippen LogP contribution in [-0.2, 0) is 4.74 Å². The van der Waals surface area contributed by atoms with Crippen LogP contribution in [0.1, 0.15) is 39.2 Å². The van der Waals surface area contributed by atoms with Crippen molar-refractivity contribution in [2.24, 2.45) is 0 Å². The molecule has 1 fully saturated rings. The molecule has 1 saturated heterocycles. The maximum absolute atomic E-state index is 12.8. The second-order valence-electron chi connectivity index (χ2n) is 7.10. The molecule has 1 amide bonds. The third-order valence-electron chi connectivity index (χ3n) is 3.81. The molecule has 1 aromatic rings. The highest BCUT2D eigenvalue weighted by Gasteiger charge is 2.34. The number of aryl methyl sites for hydroxylation is 1. The molecule has 0 aliphatic carbocycles. The summed E-state index contributed by atoms with van der Waals surface area (Å²) in [6, 6.07) is 4.72. The van der Waals surface area contributed by atoms with Crippen LogP contribution >= 0.6 is 0 Å². The zero-order valence-electron chi connectivity index (χ0n) is 14.7. The average molecular weight is 335 g/mol. The van der Waals surface area contributed by atoms with Crippen molar-refractivity contribution >= 4 is 17.5 Å². The molecule has 0 aromatic heterocycles. The molecule has 7 nitrogen and oxygen atoms in total. The topological polar surface area (TPSA) is 84.7 Å². The minimum absolute atomic E-state index is 0.0774. The second-order valence-corrected chi connectivity index (χ2v) is 7.10. The monoisotopic (exact) mass is 335 g/mol. The first-order valence-corrected chi connectivity index (χ1v) is 8.17. The van der Waals surface area contributed by atoms with E-state index in [0.29, 0.717) is 6.54 Å². The van der Waals surface area contributed by atoms with Crippen molar-refractivity contribution in [2.75, 3.05) is 18.0 Å². The van der Waals surface area contributed by atoms with Gasteiger partial charge in [0.1, 0.15) is 11.3 Å². The van der Waals surface area contributed by atoms with Crippen LogP contribution < -0.4 is 10.2 Å². The summed E-state index contributed by atoms with van der Waals surface area (Å²) in [6.07, 6.45) is 1.13. The summed E-state index contributed by atoms with van der Waals surface area (Å²) in [6.45, 7) is 8.61. The Kier molecular flexibility index (Phi) is 5.43. The lowest BCUT2D eigenvalue weighted by atomic mass is 10.0. The van der Waals surface area contributed by atoms with Gasteiger partial charge in [-0.25, -0.2) is 4.79 Å². The number of amides is 1. The van der Waals surface area contributed by atoms with Crippen molar-refractivity contribution in [2.45, 2.75) is 52.2 Å². The summed E-state index contributed by atoms with van der Waals surface area (Å²) < 4.78 is 5.51. The van der Waals surface area contributed by atoms with Gasteiger partial charge in [-0.15, -0.1) is 0 Å². The molecular formula is C17H25N3O4. The van der Waals surface area contributed by atoms with E-state index >= 15 is 0 Å². The van der Waals surface area contributed by atoms with Crippen molar-refractivity contribution in [3.8, 4) is 0 Å². The highest BCUT2D eigenvalue weighted by molar-refractivity contribution is 5.91. The van der Waals surface area contributed by atoms with E-state index in [1.54, 1.807) is 39.8 Å². The number of carbonyl (C=O) groups excluding carboxylic acids is 1. The van der Waals surface area contributed by atoms with Gasteiger partial charge in [-0.2, -0.15) is 0 Å². The van der Waals surface area contributed by atoms with Gasteiger partial charge in [-0.3, -0.25) is 15.0 Å². The number of nitrogens with zero attached hydrogens (tertiary/aromatic N) is 2. The fourth-order valence-corrected chi connectivity index (χ4v) is 2.79. The van der Waals surface area contributed by atoms with E-state index in [4.69, 9.17) is 4.74 Å². The molecule has 0 bridgehead atoms. The fraction of sp³-hybridized carbons (Fsp3) is 0.588. The van der Waals surface area contributed by atoms with Crippen molar-refractivity contribution < 1.29 is 14.5 Å². The Morgan fingerprint density at radius 3 is 2.67 bits per heavy atom. The predicted molar refractivity (Wildman–Crippen MR) is 92.4 cm³/mol. The van der Waals surface area contributed by atoms with Gasteiger partial charge in [0.05, 0.1) is 11.0 Å². The lowest BCUT2D eigenvalue weighted by Gasteiger charge is -2.35. The highest BCUT2D eigenvalue weighted by Crippen LogP contribution is 2.33. The van der Waals surface area contributed by atoms with E-state index < -0.39 is 16.6 Å². The predicted octanol–water partition coefficient (Wildman–Crippen LogP) is 3.40. The normalized spacial score (nSPS) is 18.1. The van der Waals surface area contributed by atoms with E-state index in [2.05, 4.69) is 5.32 Å². The molecular weight excluding hydrogens is 310 g/mol. The van der Waals surface area contributed by atoms with E-state index in [1.165, 1.54) is 11.0 Å². The van der Waals surface area contributed by atoms with Gasteiger partial charge in [0, 0.05) is 12.6 Å². The Hall–Kier alpha value is -2.15. The van der Waals surface area contributed by atoms with E-state index in [0.717, 1.165) is 24.9 Å². The minimum atomic E-state index is -0.670. The van der Waals surface area contributed by atoms with Crippen LogP contribution in [0.25, 0.3) is 0 Å². The molecule has 1 heterocycles. The van der Waals surface area contributed by atoms with Gasteiger partial charge in [-0.1, -0.05) is 6.07 Å². The molecule has 132 valence electrons. The van der Waals surface area contributed by atoms with E-state index in [1.807, 2.05) is 0 Å². The molecule has 1 aliphatic rings. The van der Waals surface area contributed by atoms with Gasteiger partial charge < -0.3 is 10.1 Å². The van der Waals surface area contributed by atoms with Crippen LogP contribution in [-0.4, -0.2) is 35.7 Å². The molecule has 2 rings (SSSR count). The van der Waals surface area contributed by atoms with E-state index in [-0.39, 0.29) is 17.4 Å².